The van der Waals surface area contributed by atoms with Gasteiger partial charge in [0.05, 0.1) is 50.0 Å². The number of nitrogens with zero attached hydrogens (tertiary/aromatic N) is 3. The number of hydrogen-bond donors (Lipinski definition) is 3. The quantitative estimate of drug-likeness (QED) is 0.0254. The summed E-state index contributed by atoms with van der Waals surface area (Å²) in [5, 5.41) is 14.0. The van der Waals surface area contributed by atoms with Crippen molar-refractivity contribution in [2.75, 3.05) is 64.2 Å². The molecule has 1 atom stereocenters. The summed E-state index contributed by atoms with van der Waals surface area (Å²) in [6, 6.07) is 11.2. The molecule has 0 spiro atoms. The van der Waals surface area contributed by atoms with Crippen LogP contribution in [0.15, 0.2) is 77.4 Å². The molecule has 18 heteroatoms. The molecule has 0 aromatic heterocycles. The number of benzene rings is 3. The highest BCUT2D eigenvalue weighted by Gasteiger charge is 2.45. The fourth-order valence-electron chi connectivity index (χ4n) is 10.5. The van der Waals surface area contributed by atoms with Gasteiger partial charge in [0.1, 0.15) is 18.0 Å². The van der Waals surface area contributed by atoms with Crippen LogP contribution in [0.25, 0.3) is 0 Å². The Labute approximate surface area is 447 Å². The lowest BCUT2D eigenvalue weighted by atomic mass is 9.81. The number of carbonyl (C=O) groups is 4. The van der Waals surface area contributed by atoms with Crippen LogP contribution in [0.1, 0.15) is 119 Å². The van der Waals surface area contributed by atoms with Crippen LogP contribution in [0.5, 0.6) is 11.5 Å². The van der Waals surface area contributed by atoms with Gasteiger partial charge in [-0.25, -0.2) is 4.79 Å². The van der Waals surface area contributed by atoms with Gasteiger partial charge in [-0.05, 0) is 114 Å². The topological polar surface area (TPSA) is 211 Å². The van der Waals surface area contributed by atoms with Gasteiger partial charge in [-0.15, -0.1) is 5.06 Å². The van der Waals surface area contributed by atoms with E-state index in [1.807, 2.05) is 58.9 Å². The molecule has 1 fully saturated rings. The van der Waals surface area contributed by atoms with Crippen molar-refractivity contribution < 1.29 is 65.6 Å². The molecule has 4 aliphatic rings. The summed E-state index contributed by atoms with van der Waals surface area (Å²) in [5.74, 6) is -0.908. The lowest BCUT2D eigenvalue weighted by Crippen LogP contribution is -2.51. The first-order valence-electron chi connectivity index (χ1n) is 26.3. The summed E-state index contributed by atoms with van der Waals surface area (Å²) in [7, 11) is -4.45. The fraction of sp³-hybridized carbons (Fsp3) is 0.500. The lowest BCUT2D eigenvalue weighted by Gasteiger charge is -2.36. The second-order valence-corrected chi connectivity index (χ2v) is 22.6. The Morgan fingerprint density at radius 1 is 0.789 bits per heavy atom. The van der Waals surface area contributed by atoms with Gasteiger partial charge in [0.2, 0.25) is 5.69 Å². The average molecular weight is 1070 g/mol. The van der Waals surface area contributed by atoms with Crippen LogP contribution >= 0.6 is 0 Å². The molecule has 4 aliphatic heterocycles. The van der Waals surface area contributed by atoms with Crippen LogP contribution < -0.4 is 15.0 Å². The normalized spacial score (nSPS) is 19.3. The molecule has 3 N–H and O–H groups in total. The SMILES string of the molecule is Cc1ccc2c(c1)C(C)(C)C(=CC=CC=CC1=[N+](CCCCCC(=O)ON3C(=O)CCC3=O)c3ccc(S(=O)(=O)O)cc3C1(C)C)N2CCOCCOCCOCCNC(=O)C1(C)CCc2c(C)c(O)c(C)c(C)c2O1. The van der Waals surface area contributed by atoms with E-state index in [0.29, 0.717) is 102 Å². The first kappa shape index (κ1) is 57.5. The Kier molecular flexibility index (Phi) is 18.2. The van der Waals surface area contributed by atoms with Gasteiger partial charge in [0.15, 0.2) is 11.3 Å². The number of hydroxylamine groups is 2. The minimum absolute atomic E-state index is 0.0304. The monoisotopic (exact) mass is 1070 g/mol. The van der Waals surface area contributed by atoms with Crippen LogP contribution in [0, 0.1) is 27.7 Å². The van der Waals surface area contributed by atoms with Crippen molar-refractivity contribution >= 4 is 50.9 Å². The van der Waals surface area contributed by atoms with E-state index in [1.165, 1.54) is 23.3 Å². The maximum Gasteiger partial charge on any atom is 0.333 e. The number of phenols is 1. The van der Waals surface area contributed by atoms with Crippen molar-refractivity contribution in [3.63, 3.8) is 0 Å². The van der Waals surface area contributed by atoms with Crippen molar-refractivity contribution in [2.24, 2.45) is 0 Å². The molecule has 1 unspecified atom stereocenters. The number of aromatic hydroxyl groups is 1. The van der Waals surface area contributed by atoms with E-state index in [9.17, 15) is 37.3 Å². The minimum atomic E-state index is -4.45. The lowest BCUT2D eigenvalue weighted by molar-refractivity contribution is -0.438. The van der Waals surface area contributed by atoms with Gasteiger partial charge >= 0.3 is 5.97 Å². The highest BCUT2D eigenvalue weighted by molar-refractivity contribution is 7.85. The first-order chi connectivity index (χ1) is 36.0. The number of amides is 3. The molecular weight excluding hydrogens is 993 g/mol. The van der Waals surface area contributed by atoms with E-state index in [4.69, 9.17) is 23.8 Å². The second-order valence-electron chi connectivity index (χ2n) is 21.2. The molecule has 3 aromatic rings. The molecule has 0 aliphatic carbocycles. The largest absolute Gasteiger partial charge is 0.507 e. The Bertz CT molecular complexity index is 2960. The number of anilines is 1. The van der Waals surface area contributed by atoms with E-state index >= 15 is 0 Å². The minimum Gasteiger partial charge on any atom is -0.507 e. The smallest absolute Gasteiger partial charge is 0.333 e. The Morgan fingerprint density at radius 2 is 1.47 bits per heavy atom. The highest BCUT2D eigenvalue weighted by atomic mass is 32.2. The highest BCUT2D eigenvalue weighted by Crippen LogP contribution is 2.48. The number of rotatable bonds is 24. The Hall–Kier alpha value is -6.18. The van der Waals surface area contributed by atoms with Gasteiger partial charge in [-0.2, -0.15) is 13.0 Å². The molecule has 76 heavy (non-hydrogen) atoms. The van der Waals surface area contributed by atoms with Gasteiger partial charge in [0.25, 0.3) is 27.8 Å². The van der Waals surface area contributed by atoms with Crippen molar-refractivity contribution in [2.45, 2.75) is 135 Å². The van der Waals surface area contributed by atoms with E-state index in [1.54, 1.807) is 13.0 Å². The summed E-state index contributed by atoms with van der Waals surface area (Å²) in [4.78, 5) is 56.5. The van der Waals surface area contributed by atoms with E-state index in [0.717, 1.165) is 50.6 Å². The van der Waals surface area contributed by atoms with Crippen LogP contribution in [0.2, 0.25) is 0 Å². The number of hydrogen-bond acceptors (Lipinski definition) is 13. The van der Waals surface area contributed by atoms with Crippen LogP contribution in [0.4, 0.5) is 11.4 Å². The third kappa shape index (κ3) is 12.6. The number of phenolic OH excluding ortho intramolecular Hbond substituents is 1. The molecule has 0 radical (unpaired) electrons. The standard InChI is InChI=1S/C58H74N4O13S/c1-38-19-21-46-44(36-38)56(5,6)49(61(46)29-31-72-33-35-73-34-32-71-30-27-59-55(67)58(9)26-25-43-41(4)53(66)39(2)40(3)54(43)74-58)17-13-10-12-16-48-57(7,8)45-37-42(76(68,69)70)20-22-47(45)60(48)28-15-11-14-18-52(65)75-62-50(63)23-24-51(62)64/h10,12-13,16-17,19-22,36-37H,11,14-15,18,23-35H2,1-9H3,(H2-,59,66,67,68,69,70)/p+1. The second kappa shape index (κ2) is 24.0. The maximum atomic E-state index is 13.2. The number of fused-ring (bicyclic) bond motifs is 3. The van der Waals surface area contributed by atoms with Crippen molar-refractivity contribution in [3.8, 4) is 11.5 Å². The number of carbonyl (C=O) groups excluding carboxylic acids is 4. The molecular formula is C58H75N4O13S+. The average Bonchev–Trinajstić information content (AvgIpc) is 3.94. The molecule has 0 bridgehead atoms. The van der Waals surface area contributed by atoms with E-state index < -0.39 is 38.9 Å². The Balaban J connectivity index is 0.893. The molecule has 0 saturated carbocycles. The van der Waals surface area contributed by atoms with Gasteiger partial charge in [0, 0.05) is 85.3 Å². The zero-order chi connectivity index (χ0) is 55.2. The van der Waals surface area contributed by atoms with Crippen molar-refractivity contribution in [1.82, 2.24) is 10.4 Å². The fourth-order valence-corrected chi connectivity index (χ4v) is 11.0. The predicted molar refractivity (Wildman–Crippen MR) is 288 cm³/mol. The molecule has 3 amide bonds. The number of ether oxygens (including phenoxy) is 4. The Morgan fingerprint density at radius 3 is 2.17 bits per heavy atom. The first-order valence-corrected chi connectivity index (χ1v) is 27.7. The number of imide groups is 1. The zero-order valence-corrected chi connectivity index (χ0v) is 46.3. The summed E-state index contributed by atoms with van der Waals surface area (Å²) in [6.07, 6.45) is 13.1. The van der Waals surface area contributed by atoms with E-state index in [2.05, 4.69) is 59.8 Å². The van der Waals surface area contributed by atoms with Gasteiger partial charge < -0.3 is 39.1 Å². The third-order valence-corrected chi connectivity index (χ3v) is 16.0. The van der Waals surface area contributed by atoms with E-state index in [-0.39, 0.29) is 41.2 Å². The molecule has 410 valence electrons. The molecule has 3 aromatic carbocycles. The van der Waals surface area contributed by atoms with Crippen molar-refractivity contribution in [3.05, 3.63) is 111 Å². The number of nitrogens with one attached hydrogen (secondary N) is 1. The van der Waals surface area contributed by atoms with Crippen molar-refractivity contribution in [1.29, 1.82) is 0 Å². The van der Waals surface area contributed by atoms with Gasteiger partial charge in [-0.1, -0.05) is 49.8 Å². The number of unbranched alkanes of at least 4 members (excludes halogenated alkanes) is 2. The molecule has 4 heterocycles. The molecule has 17 nitrogen and oxygen atoms in total. The summed E-state index contributed by atoms with van der Waals surface area (Å²) in [5.41, 5.74) is 8.54. The third-order valence-electron chi connectivity index (χ3n) is 15.1. The molecule has 1 saturated heterocycles. The predicted octanol–water partition coefficient (Wildman–Crippen LogP) is 8.16. The van der Waals surface area contributed by atoms with Gasteiger partial charge in [-0.3, -0.25) is 18.9 Å². The number of allylic oxidation sites excluding steroid dienone is 6. The summed E-state index contributed by atoms with van der Waals surface area (Å²) < 4.78 is 60.3. The summed E-state index contributed by atoms with van der Waals surface area (Å²) >= 11 is 0. The maximum absolute atomic E-state index is 13.2. The summed E-state index contributed by atoms with van der Waals surface area (Å²) in [6.45, 7) is 21.9. The zero-order valence-electron chi connectivity index (χ0n) is 45.5. The molecule has 7 rings (SSSR count). The number of aryl methyl sites for hydroxylation is 1. The van der Waals surface area contributed by atoms with Crippen LogP contribution in [-0.4, -0.2) is 122 Å². The van der Waals surface area contributed by atoms with Crippen LogP contribution in [0.3, 0.4) is 0 Å². The van der Waals surface area contributed by atoms with Crippen LogP contribution in [-0.2, 0) is 65.6 Å².